The van der Waals surface area contributed by atoms with Crippen molar-refractivity contribution >= 4 is 21.7 Å². The Morgan fingerprint density at radius 2 is 2.35 bits per heavy atom. The molecule has 8 heteroatoms. The van der Waals surface area contributed by atoms with Gasteiger partial charge in [0.15, 0.2) is 5.65 Å². The summed E-state index contributed by atoms with van der Waals surface area (Å²) in [6.45, 7) is -0.761. The van der Waals surface area contributed by atoms with E-state index in [1.807, 2.05) is 0 Å². The Morgan fingerprint density at radius 3 is 2.94 bits per heavy atom. The van der Waals surface area contributed by atoms with E-state index in [0.29, 0.717) is 0 Å². The molecule has 0 aliphatic heterocycles. The molecule has 0 fully saturated rings. The van der Waals surface area contributed by atoms with Gasteiger partial charge in [-0.05, 0) is 0 Å². The van der Waals surface area contributed by atoms with Gasteiger partial charge in [0.25, 0.3) is 17.2 Å². The predicted molar refractivity (Wildman–Crippen MR) is 58.1 cm³/mol. The molecule has 2 heterocycles. The number of aromatic nitrogens is 2. The number of rotatable bonds is 3. The van der Waals surface area contributed by atoms with Crippen LogP contribution in [0.1, 0.15) is 0 Å². The number of methoxy groups -OCH3 is 1. The van der Waals surface area contributed by atoms with Crippen LogP contribution in [0.25, 0.3) is 10.3 Å². The topological polar surface area (TPSA) is 64.3 Å². The highest BCUT2D eigenvalue weighted by atomic mass is 32.1. The lowest BCUT2D eigenvalue weighted by atomic mass is 10.4. The van der Waals surface area contributed by atoms with Gasteiger partial charge < -0.3 is 9.84 Å². The maximum Gasteiger partial charge on any atom is 0.275 e. The summed E-state index contributed by atoms with van der Waals surface area (Å²) in [7, 11) is 1.37. The molecule has 0 spiro atoms. The predicted octanol–water partition coefficient (Wildman–Crippen LogP) is 1.44. The van der Waals surface area contributed by atoms with E-state index in [1.54, 1.807) is 0 Å². The van der Waals surface area contributed by atoms with E-state index in [1.165, 1.54) is 7.11 Å². The molecule has 2 aromatic rings. The fourth-order valence-electron chi connectivity index (χ4n) is 1.41. The zero-order chi connectivity index (χ0) is 12.6. The second-order valence-electron chi connectivity index (χ2n) is 3.21. The van der Waals surface area contributed by atoms with E-state index in [-0.39, 0.29) is 21.3 Å². The van der Waals surface area contributed by atoms with E-state index in [9.17, 15) is 18.7 Å². The van der Waals surface area contributed by atoms with Crippen LogP contribution in [0.3, 0.4) is 0 Å². The number of nitrogens with zero attached hydrogens (tertiary/aromatic N) is 2. The standard InChI is InChI=1S/C9H8F2N2O3S/c1-16-9-12-8-7(17-9)4(14)2-6(15)13(8)3-5(10)11/h2,5,14H,3H2,1H3. The summed E-state index contributed by atoms with van der Waals surface area (Å²) in [4.78, 5) is 15.4. The maximum atomic E-state index is 12.3. The van der Waals surface area contributed by atoms with Gasteiger partial charge in [-0.1, -0.05) is 11.3 Å². The lowest BCUT2D eigenvalue weighted by Gasteiger charge is -2.05. The number of halogens is 2. The first-order valence-corrected chi connectivity index (χ1v) is 5.40. The first kappa shape index (κ1) is 11.8. The van der Waals surface area contributed by atoms with Crippen LogP contribution in [-0.4, -0.2) is 28.2 Å². The van der Waals surface area contributed by atoms with Gasteiger partial charge in [0, 0.05) is 6.07 Å². The minimum Gasteiger partial charge on any atom is -0.506 e. The van der Waals surface area contributed by atoms with Gasteiger partial charge in [0.05, 0.1) is 13.7 Å². The first-order valence-electron chi connectivity index (χ1n) is 4.58. The van der Waals surface area contributed by atoms with Gasteiger partial charge in [-0.25, -0.2) is 8.78 Å². The largest absolute Gasteiger partial charge is 0.506 e. The number of fused-ring (bicyclic) bond motifs is 1. The molecule has 0 aliphatic carbocycles. The molecule has 0 saturated heterocycles. The average Bonchev–Trinajstić information content (AvgIpc) is 2.68. The lowest BCUT2D eigenvalue weighted by Crippen LogP contribution is -2.22. The summed E-state index contributed by atoms with van der Waals surface area (Å²) >= 11 is 0.986. The van der Waals surface area contributed by atoms with Gasteiger partial charge >= 0.3 is 0 Å². The molecule has 0 radical (unpaired) electrons. The highest BCUT2D eigenvalue weighted by molar-refractivity contribution is 7.20. The Morgan fingerprint density at radius 1 is 1.65 bits per heavy atom. The Kier molecular flexibility index (Phi) is 2.97. The minimum absolute atomic E-state index is 0.0113. The summed E-state index contributed by atoms with van der Waals surface area (Å²) in [5, 5.41) is 9.73. The van der Waals surface area contributed by atoms with Crippen LogP contribution in [0.2, 0.25) is 0 Å². The van der Waals surface area contributed by atoms with E-state index in [0.717, 1.165) is 22.0 Å². The Balaban J connectivity index is 2.72. The zero-order valence-corrected chi connectivity index (χ0v) is 9.50. The van der Waals surface area contributed by atoms with Crippen LogP contribution in [0.4, 0.5) is 8.78 Å². The number of pyridine rings is 1. The second-order valence-corrected chi connectivity index (χ2v) is 4.17. The average molecular weight is 262 g/mol. The van der Waals surface area contributed by atoms with Crippen molar-refractivity contribution < 1.29 is 18.6 Å². The van der Waals surface area contributed by atoms with Crippen LogP contribution >= 0.6 is 11.3 Å². The quantitative estimate of drug-likeness (QED) is 0.909. The smallest absolute Gasteiger partial charge is 0.275 e. The van der Waals surface area contributed by atoms with Crippen molar-refractivity contribution in [3.63, 3.8) is 0 Å². The van der Waals surface area contributed by atoms with Crippen molar-refractivity contribution in [2.45, 2.75) is 13.0 Å². The van der Waals surface area contributed by atoms with E-state index < -0.39 is 18.5 Å². The molecule has 5 nitrogen and oxygen atoms in total. The molecule has 0 saturated carbocycles. The highest BCUT2D eigenvalue weighted by Gasteiger charge is 2.16. The van der Waals surface area contributed by atoms with Crippen LogP contribution in [0.5, 0.6) is 10.9 Å². The lowest BCUT2D eigenvalue weighted by molar-refractivity contribution is 0.126. The molecule has 2 aromatic heterocycles. The second kappa shape index (κ2) is 4.28. The third-order valence-electron chi connectivity index (χ3n) is 2.10. The monoisotopic (exact) mass is 262 g/mol. The zero-order valence-electron chi connectivity index (χ0n) is 8.68. The van der Waals surface area contributed by atoms with E-state index in [2.05, 4.69) is 4.98 Å². The molecule has 1 N–H and O–H groups in total. The molecular formula is C9H8F2N2O3S. The molecule has 0 amide bonds. The van der Waals surface area contributed by atoms with Gasteiger partial charge in [-0.15, -0.1) is 0 Å². The summed E-state index contributed by atoms with van der Waals surface area (Å²) < 4.78 is 30.6. The molecule has 17 heavy (non-hydrogen) atoms. The van der Waals surface area contributed by atoms with Crippen molar-refractivity contribution in [1.29, 1.82) is 0 Å². The number of ether oxygens (including phenoxy) is 1. The SMILES string of the molecule is COc1nc2c(s1)c(O)cc(=O)n2CC(F)F. The number of thiazole rings is 1. The third kappa shape index (κ3) is 2.07. The molecule has 2 rings (SSSR count). The molecule has 92 valence electrons. The molecule has 0 atom stereocenters. The van der Waals surface area contributed by atoms with Crippen molar-refractivity contribution in [3.8, 4) is 10.9 Å². The number of hydrogen-bond donors (Lipinski definition) is 1. The number of alkyl halides is 2. The molecular weight excluding hydrogens is 254 g/mol. The van der Waals surface area contributed by atoms with Crippen molar-refractivity contribution in [2.75, 3.05) is 7.11 Å². The Hall–Kier alpha value is -1.70. The van der Waals surface area contributed by atoms with Crippen LogP contribution in [0, 0.1) is 0 Å². The van der Waals surface area contributed by atoms with Crippen LogP contribution in [-0.2, 0) is 6.54 Å². The summed E-state index contributed by atoms with van der Waals surface area (Å²) in [6, 6.07) is 0.891. The molecule has 0 aromatic carbocycles. The van der Waals surface area contributed by atoms with E-state index >= 15 is 0 Å². The summed E-state index contributed by atoms with van der Waals surface area (Å²) in [5.41, 5.74) is -0.708. The summed E-state index contributed by atoms with van der Waals surface area (Å²) in [5.74, 6) is -0.281. The van der Waals surface area contributed by atoms with Gasteiger partial charge in [-0.3, -0.25) is 9.36 Å². The van der Waals surface area contributed by atoms with Gasteiger partial charge in [0.1, 0.15) is 10.4 Å². The van der Waals surface area contributed by atoms with Crippen LogP contribution in [0.15, 0.2) is 10.9 Å². The fourth-order valence-corrected chi connectivity index (χ4v) is 2.21. The molecule has 0 bridgehead atoms. The minimum atomic E-state index is -2.67. The van der Waals surface area contributed by atoms with Crippen molar-refractivity contribution in [2.24, 2.45) is 0 Å². The van der Waals surface area contributed by atoms with Crippen molar-refractivity contribution in [1.82, 2.24) is 9.55 Å². The highest BCUT2D eigenvalue weighted by Crippen LogP contribution is 2.32. The fraction of sp³-hybridized carbons (Fsp3) is 0.333. The number of hydrogen-bond acceptors (Lipinski definition) is 5. The van der Waals surface area contributed by atoms with Crippen molar-refractivity contribution in [3.05, 3.63) is 16.4 Å². The Bertz CT molecular complexity index is 608. The van der Waals surface area contributed by atoms with Crippen LogP contribution < -0.4 is 10.3 Å². The first-order chi connectivity index (χ1) is 8.02. The molecule has 0 unspecified atom stereocenters. The van der Waals surface area contributed by atoms with Gasteiger partial charge in [0.2, 0.25) is 0 Å². The maximum absolute atomic E-state index is 12.3. The van der Waals surface area contributed by atoms with Gasteiger partial charge in [-0.2, -0.15) is 4.98 Å². The van der Waals surface area contributed by atoms with E-state index in [4.69, 9.17) is 4.74 Å². The number of aromatic hydroxyl groups is 1. The normalized spacial score (nSPS) is 11.3. The molecule has 0 aliphatic rings. The summed E-state index contributed by atoms with van der Waals surface area (Å²) in [6.07, 6.45) is -2.67. The third-order valence-corrected chi connectivity index (χ3v) is 3.13. The Labute approximate surface area is 97.9 Å².